The van der Waals surface area contributed by atoms with E-state index in [0.717, 1.165) is 48.9 Å². The average molecular weight is 464 g/mol. The molecule has 5 heteroatoms. The highest BCUT2D eigenvalue weighted by Crippen LogP contribution is 2.51. The van der Waals surface area contributed by atoms with E-state index in [0.29, 0.717) is 5.56 Å². The van der Waals surface area contributed by atoms with Gasteiger partial charge >= 0.3 is 0 Å². The molecule has 2 N–H and O–H groups in total. The van der Waals surface area contributed by atoms with Crippen molar-refractivity contribution in [3.63, 3.8) is 0 Å². The number of hydrogen-bond acceptors (Lipinski definition) is 4. The maximum Gasteiger partial charge on any atom is 0.251 e. The van der Waals surface area contributed by atoms with E-state index in [1.165, 1.54) is 11.1 Å². The molecule has 3 aromatic carbocycles. The Morgan fingerprint density at radius 2 is 1.74 bits per heavy atom. The zero-order chi connectivity index (χ0) is 23.8. The largest absolute Gasteiger partial charge is 0.390 e. The number of carbonyl (C=O) groups is 1. The molecule has 1 aromatic heterocycles. The molecule has 0 radical (unpaired) electrons. The molecule has 2 heterocycles. The molecular weight excluding hydrogens is 434 g/mol. The molecule has 35 heavy (non-hydrogen) atoms. The van der Waals surface area contributed by atoms with Gasteiger partial charge in [0.25, 0.3) is 5.91 Å². The van der Waals surface area contributed by atoms with Crippen molar-refractivity contribution in [2.24, 2.45) is 0 Å². The lowest BCUT2D eigenvalue weighted by molar-refractivity contribution is 0.0193. The third-order valence-corrected chi connectivity index (χ3v) is 7.86. The third-order valence-electron chi connectivity index (χ3n) is 7.86. The van der Waals surface area contributed by atoms with Crippen LogP contribution in [0.5, 0.6) is 0 Å². The first-order chi connectivity index (χ1) is 17.1. The first kappa shape index (κ1) is 22.0. The van der Waals surface area contributed by atoms with Gasteiger partial charge in [0.15, 0.2) is 0 Å². The van der Waals surface area contributed by atoms with Gasteiger partial charge in [0.1, 0.15) is 0 Å². The Kier molecular flexibility index (Phi) is 5.59. The zero-order valence-electron chi connectivity index (χ0n) is 19.6. The van der Waals surface area contributed by atoms with Crippen molar-refractivity contribution in [3.8, 4) is 0 Å². The number of hydrogen-bond donors (Lipinski definition) is 2. The smallest absolute Gasteiger partial charge is 0.251 e. The number of likely N-dealkylation sites (tertiary alicyclic amines) is 1. The number of rotatable bonds is 4. The van der Waals surface area contributed by atoms with E-state index in [1.54, 1.807) is 12.1 Å². The number of fused-ring (bicyclic) bond motifs is 3. The highest BCUT2D eigenvalue weighted by molar-refractivity contribution is 5.94. The molecule has 1 aliphatic heterocycles. The minimum absolute atomic E-state index is 0.148. The number of nitrogens with one attached hydrogen (secondary N) is 1. The number of nitrogens with zero attached hydrogens (tertiary/aromatic N) is 2. The summed E-state index contributed by atoms with van der Waals surface area (Å²) in [7, 11) is 0. The summed E-state index contributed by atoms with van der Waals surface area (Å²) in [6.45, 7) is 2.68. The van der Waals surface area contributed by atoms with Crippen molar-refractivity contribution in [1.82, 2.24) is 15.2 Å². The number of aliphatic hydroxyl groups excluding tert-OH is 1. The molecular formula is C30H29N3O2. The molecule has 1 amide bonds. The fourth-order valence-corrected chi connectivity index (χ4v) is 6.00. The fourth-order valence-electron chi connectivity index (χ4n) is 6.00. The van der Waals surface area contributed by atoms with E-state index in [4.69, 9.17) is 0 Å². The molecule has 0 bridgehead atoms. The van der Waals surface area contributed by atoms with E-state index in [2.05, 4.69) is 51.6 Å². The summed E-state index contributed by atoms with van der Waals surface area (Å²) in [5.74, 6) is -0.148. The van der Waals surface area contributed by atoms with Crippen molar-refractivity contribution in [2.75, 3.05) is 13.1 Å². The van der Waals surface area contributed by atoms with Crippen LogP contribution in [-0.4, -0.2) is 40.1 Å². The van der Waals surface area contributed by atoms with Crippen molar-refractivity contribution in [2.45, 2.75) is 36.9 Å². The van der Waals surface area contributed by atoms with E-state index in [9.17, 15) is 9.90 Å². The minimum Gasteiger partial charge on any atom is -0.390 e. The van der Waals surface area contributed by atoms with Crippen molar-refractivity contribution >= 4 is 16.8 Å². The van der Waals surface area contributed by atoms with Crippen LogP contribution in [0.1, 0.15) is 45.9 Å². The number of benzene rings is 3. The Balaban J connectivity index is 1.20. The molecule has 1 fully saturated rings. The van der Waals surface area contributed by atoms with E-state index in [1.807, 2.05) is 42.6 Å². The van der Waals surface area contributed by atoms with Gasteiger partial charge in [-0.05, 0) is 73.0 Å². The van der Waals surface area contributed by atoms with E-state index >= 15 is 0 Å². The molecule has 0 unspecified atom stereocenters. The first-order valence-corrected chi connectivity index (χ1v) is 12.3. The molecule has 1 spiro atoms. The van der Waals surface area contributed by atoms with Gasteiger partial charge in [-0.3, -0.25) is 14.7 Å². The van der Waals surface area contributed by atoms with Crippen molar-refractivity contribution in [3.05, 3.63) is 113 Å². The highest BCUT2D eigenvalue weighted by atomic mass is 16.3. The summed E-state index contributed by atoms with van der Waals surface area (Å²) in [6.07, 6.45) is 2.89. The summed E-state index contributed by atoms with van der Waals surface area (Å²) in [5.41, 5.74) is 4.79. The summed E-state index contributed by atoms with van der Waals surface area (Å²) in [6, 6.07) is 27.6. The Hall–Kier alpha value is -3.54. The normalized spacial score (nSPS) is 21.2. The molecule has 1 saturated heterocycles. The maximum atomic E-state index is 12.9. The highest BCUT2D eigenvalue weighted by Gasteiger charge is 2.52. The molecule has 1 aliphatic carbocycles. The topological polar surface area (TPSA) is 65.5 Å². The van der Waals surface area contributed by atoms with Crippen molar-refractivity contribution < 1.29 is 9.90 Å². The molecule has 2 atom stereocenters. The number of amides is 1. The van der Waals surface area contributed by atoms with E-state index in [-0.39, 0.29) is 11.3 Å². The Labute approximate surface area is 205 Å². The number of carbonyl (C=O) groups excluding carboxylic acids is 1. The van der Waals surface area contributed by atoms with Crippen LogP contribution in [0.4, 0.5) is 0 Å². The monoisotopic (exact) mass is 463 g/mol. The molecule has 5 nitrogen and oxygen atoms in total. The first-order valence-electron chi connectivity index (χ1n) is 12.3. The van der Waals surface area contributed by atoms with Gasteiger partial charge in [0, 0.05) is 29.1 Å². The summed E-state index contributed by atoms with van der Waals surface area (Å²) in [4.78, 5) is 19.8. The van der Waals surface area contributed by atoms with Gasteiger partial charge in [-0.1, -0.05) is 54.6 Å². The number of aliphatic hydroxyl groups is 1. The molecule has 6 rings (SSSR count). The number of piperidine rings is 1. The second-order valence-electron chi connectivity index (χ2n) is 9.81. The number of aromatic nitrogens is 1. The van der Waals surface area contributed by atoms with Crippen LogP contribution in [0, 0.1) is 0 Å². The summed E-state index contributed by atoms with van der Waals surface area (Å²) >= 11 is 0. The Morgan fingerprint density at radius 1 is 0.971 bits per heavy atom. The summed E-state index contributed by atoms with van der Waals surface area (Å²) < 4.78 is 0. The minimum atomic E-state index is -0.651. The van der Waals surface area contributed by atoms with Crippen LogP contribution in [0.25, 0.3) is 10.9 Å². The second kappa shape index (κ2) is 8.91. The third kappa shape index (κ3) is 3.91. The van der Waals surface area contributed by atoms with Gasteiger partial charge in [-0.15, -0.1) is 0 Å². The molecule has 2 aliphatic rings. The quantitative estimate of drug-likeness (QED) is 0.464. The van der Waals surface area contributed by atoms with Gasteiger partial charge in [0.05, 0.1) is 17.7 Å². The lowest BCUT2D eigenvalue weighted by Crippen LogP contribution is -2.49. The van der Waals surface area contributed by atoms with E-state index < -0.39 is 12.1 Å². The van der Waals surface area contributed by atoms with Gasteiger partial charge in [0.2, 0.25) is 0 Å². The van der Waals surface area contributed by atoms with Crippen LogP contribution in [0.2, 0.25) is 0 Å². The lowest BCUT2D eigenvalue weighted by atomic mass is 9.72. The second-order valence-corrected chi connectivity index (χ2v) is 9.81. The standard InChI is InChI=1S/C30H29N3O2/c34-28-27(32-29(35)22-7-2-1-3-8-22)24-10-4-5-11-25(24)30(28)14-17-33(18-15-30)20-21-12-13-26-23(19-21)9-6-16-31-26/h1-13,16,19,27-28,34H,14-15,17-18,20H2,(H,32,35)/t27-,28+/m1/s1. The summed E-state index contributed by atoms with van der Waals surface area (Å²) in [5, 5.41) is 15.9. The SMILES string of the molecule is O=C(N[C@@H]1c2ccccc2C2(CCN(Cc3ccc4ncccc4c3)CC2)[C@H]1O)c1ccccc1. The lowest BCUT2D eigenvalue weighted by Gasteiger charge is -2.43. The van der Waals surface area contributed by atoms with Crippen molar-refractivity contribution in [1.29, 1.82) is 0 Å². The maximum absolute atomic E-state index is 12.9. The Bertz CT molecular complexity index is 1360. The molecule has 4 aromatic rings. The Morgan fingerprint density at radius 3 is 2.57 bits per heavy atom. The van der Waals surface area contributed by atoms with Crippen LogP contribution in [0.15, 0.2) is 91.1 Å². The fraction of sp³-hybridized carbons (Fsp3) is 0.267. The molecule has 0 saturated carbocycles. The van der Waals surface area contributed by atoms with Gasteiger partial charge in [-0.2, -0.15) is 0 Å². The van der Waals surface area contributed by atoms with Crippen LogP contribution < -0.4 is 5.32 Å². The predicted molar refractivity (Wildman–Crippen MR) is 137 cm³/mol. The van der Waals surface area contributed by atoms with Crippen LogP contribution in [0.3, 0.4) is 0 Å². The predicted octanol–water partition coefficient (Wildman–Crippen LogP) is 4.61. The van der Waals surface area contributed by atoms with Crippen LogP contribution in [-0.2, 0) is 12.0 Å². The number of pyridine rings is 1. The van der Waals surface area contributed by atoms with Crippen LogP contribution >= 0.6 is 0 Å². The van der Waals surface area contributed by atoms with Gasteiger partial charge in [-0.25, -0.2) is 0 Å². The molecule has 176 valence electrons. The average Bonchev–Trinajstić information content (AvgIpc) is 3.13. The zero-order valence-corrected chi connectivity index (χ0v) is 19.6. The van der Waals surface area contributed by atoms with Gasteiger partial charge < -0.3 is 10.4 Å².